The van der Waals surface area contributed by atoms with Crippen molar-refractivity contribution in [1.82, 2.24) is 14.8 Å². The van der Waals surface area contributed by atoms with E-state index in [0.29, 0.717) is 18.3 Å². The van der Waals surface area contributed by atoms with E-state index < -0.39 is 0 Å². The van der Waals surface area contributed by atoms with Gasteiger partial charge in [0, 0.05) is 12.5 Å². The lowest BCUT2D eigenvalue weighted by molar-refractivity contribution is 0.182. The molecule has 8 heteroatoms. The Kier molecular flexibility index (Phi) is 5.51. The monoisotopic (exact) mass is 323 g/mol. The third-order valence-electron chi connectivity index (χ3n) is 3.26. The summed E-state index contributed by atoms with van der Waals surface area (Å²) in [6.45, 7) is 7.04. The van der Waals surface area contributed by atoms with Crippen molar-refractivity contribution >= 4 is 28.2 Å². The SMILES string of the molecule is CCc1csc(NC(=O)Nc2c(C)nn(CCOC)c2C)n1. The lowest BCUT2D eigenvalue weighted by Gasteiger charge is -2.07. The predicted octanol–water partition coefficient (Wildman–Crippen LogP) is 2.81. The Bertz CT molecular complexity index is 650. The van der Waals surface area contributed by atoms with Crippen LogP contribution in [0.2, 0.25) is 0 Å². The number of carbonyl (C=O) groups is 1. The van der Waals surface area contributed by atoms with Crippen LogP contribution < -0.4 is 10.6 Å². The topological polar surface area (TPSA) is 81.1 Å². The van der Waals surface area contributed by atoms with E-state index in [-0.39, 0.29) is 6.03 Å². The van der Waals surface area contributed by atoms with E-state index >= 15 is 0 Å². The molecule has 2 rings (SSSR count). The van der Waals surface area contributed by atoms with Crippen molar-refractivity contribution in [3.63, 3.8) is 0 Å². The zero-order valence-electron chi connectivity index (χ0n) is 13.3. The number of nitrogens with one attached hydrogen (secondary N) is 2. The van der Waals surface area contributed by atoms with Crippen LogP contribution in [0.4, 0.5) is 15.6 Å². The quantitative estimate of drug-likeness (QED) is 0.856. The average Bonchev–Trinajstić information content (AvgIpc) is 3.04. The van der Waals surface area contributed by atoms with Gasteiger partial charge in [0.15, 0.2) is 5.13 Å². The van der Waals surface area contributed by atoms with Gasteiger partial charge in [0.05, 0.1) is 35.9 Å². The Morgan fingerprint density at radius 1 is 1.41 bits per heavy atom. The largest absolute Gasteiger partial charge is 0.383 e. The molecule has 2 aromatic rings. The summed E-state index contributed by atoms with van der Waals surface area (Å²) in [5.41, 5.74) is 3.37. The number of rotatable bonds is 6. The highest BCUT2D eigenvalue weighted by Gasteiger charge is 2.14. The number of amides is 2. The highest BCUT2D eigenvalue weighted by molar-refractivity contribution is 7.13. The molecule has 7 nitrogen and oxygen atoms in total. The maximum Gasteiger partial charge on any atom is 0.325 e. The van der Waals surface area contributed by atoms with Crippen LogP contribution in [0.1, 0.15) is 24.0 Å². The first-order valence-electron chi connectivity index (χ1n) is 7.10. The first kappa shape index (κ1) is 16.4. The lowest BCUT2D eigenvalue weighted by atomic mass is 10.3. The molecule has 0 saturated heterocycles. The summed E-state index contributed by atoms with van der Waals surface area (Å²) in [5.74, 6) is 0. The number of thiazole rings is 1. The van der Waals surface area contributed by atoms with Gasteiger partial charge in [-0.25, -0.2) is 9.78 Å². The number of aromatic nitrogens is 3. The van der Waals surface area contributed by atoms with Crippen LogP contribution in [0.15, 0.2) is 5.38 Å². The molecule has 0 radical (unpaired) electrons. The van der Waals surface area contributed by atoms with Crippen LogP contribution in [0.5, 0.6) is 0 Å². The van der Waals surface area contributed by atoms with Crippen LogP contribution in [0.3, 0.4) is 0 Å². The van der Waals surface area contributed by atoms with E-state index in [0.717, 1.165) is 29.2 Å². The van der Waals surface area contributed by atoms with Gasteiger partial charge in [-0.15, -0.1) is 11.3 Å². The fraction of sp³-hybridized carbons (Fsp3) is 0.500. The number of hydrogen-bond acceptors (Lipinski definition) is 5. The van der Waals surface area contributed by atoms with Gasteiger partial charge in [-0.1, -0.05) is 6.92 Å². The maximum atomic E-state index is 12.1. The predicted molar refractivity (Wildman–Crippen MR) is 87.7 cm³/mol. The van der Waals surface area contributed by atoms with E-state index in [2.05, 4.69) is 20.7 Å². The first-order chi connectivity index (χ1) is 10.5. The smallest absolute Gasteiger partial charge is 0.325 e. The normalized spacial score (nSPS) is 10.7. The molecule has 0 spiro atoms. The molecular formula is C14H21N5O2S. The van der Waals surface area contributed by atoms with Crippen LogP contribution in [0, 0.1) is 13.8 Å². The summed E-state index contributed by atoms with van der Waals surface area (Å²) >= 11 is 1.42. The number of methoxy groups -OCH3 is 1. The van der Waals surface area contributed by atoms with Crippen molar-refractivity contribution in [3.05, 3.63) is 22.5 Å². The van der Waals surface area contributed by atoms with Crippen molar-refractivity contribution in [2.24, 2.45) is 0 Å². The number of ether oxygens (including phenoxy) is 1. The third-order valence-corrected chi connectivity index (χ3v) is 4.07. The Labute approximate surface area is 133 Å². The molecule has 0 aliphatic heterocycles. The van der Waals surface area contributed by atoms with E-state index in [4.69, 9.17) is 4.74 Å². The number of anilines is 2. The standard InChI is InChI=1S/C14H21N5O2S/c1-5-11-8-22-14(15-11)17-13(20)16-12-9(2)18-19(10(12)3)6-7-21-4/h8H,5-7H2,1-4H3,(H2,15,16,17,20). The van der Waals surface area contributed by atoms with E-state index in [9.17, 15) is 4.79 Å². The highest BCUT2D eigenvalue weighted by atomic mass is 32.1. The number of hydrogen-bond donors (Lipinski definition) is 2. The molecule has 0 atom stereocenters. The first-order valence-corrected chi connectivity index (χ1v) is 7.98. The lowest BCUT2D eigenvalue weighted by Crippen LogP contribution is -2.20. The highest BCUT2D eigenvalue weighted by Crippen LogP contribution is 2.20. The van der Waals surface area contributed by atoms with E-state index in [1.807, 2.05) is 30.8 Å². The second-order valence-corrected chi connectivity index (χ2v) is 5.70. The number of urea groups is 1. The van der Waals surface area contributed by atoms with Crippen LogP contribution in [0.25, 0.3) is 0 Å². The number of aryl methyl sites for hydroxylation is 2. The molecule has 22 heavy (non-hydrogen) atoms. The van der Waals surface area contributed by atoms with Gasteiger partial charge in [-0.3, -0.25) is 10.00 Å². The van der Waals surface area contributed by atoms with Gasteiger partial charge in [0.25, 0.3) is 0 Å². The van der Waals surface area contributed by atoms with Gasteiger partial charge in [0.2, 0.25) is 0 Å². The molecule has 0 bridgehead atoms. The Morgan fingerprint density at radius 2 is 2.18 bits per heavy atom. The Hall–Kier alpha value is -1.93. The molecule has 0 saturated carbocycles. The molecule has 2 N–H and O–H groups in total. The van der Waals surface area contributed by atoms with Gasteiger partial charge >= 0.3 is 6.03 Å². The zero-order valence-corrected chi connectivity index (χ0v) is 14.1. The molecule has 120 valence electrons. The fourth-order valence-corrected chi connectivity index (χ4v) is 2.83. The summed E-state index contributed by atoms with van der Waals surface area (Å²) in [4.78, 5) is 16.4. The van der Waals surface area contributed by atoms with Crippen molar-refractivity contribution in [3.8, 4) is 0 Å². The van der Waals surface area contributed by atoms with Crippen molar-refractivity contribution in [2.75, 3.05) is 24.4 Å². The van der Waals surface area contributed by atoms with Crippen molar-refractivity contribution in [1.29, 1.82) is 0 Å². The van der Waals surface area contributed by atoms with Gasteiger partial charge in [0.1, 0.15) is 0 Å². The summed E-state index contributed by atoms with van der Waals surface area (Å²) < 4.78 is 6.88. The number of nitrogens with zero attached hydrogens (tertiary/aromatic N) is 3. The Morgan fingerprint density at radius 3 is 2.82 bits per heavy atom. The van der Waals surface area contributed by atoms with Crippen molar-refractivity contribution in [2.45, 2.75) is 33.7 Å². The maximum absolute atomic E-state index is 12.1. The molecule has 0 unspecified atom stereocenters. The van der Waals surface area contributed by atoms with Crippen LogP contribution in [-0.4, -0.2) is 34.5 Å². The summed E-state index contributed by atoms with van der Waals surface area (Å²) in [6.07, 6.45) is 0.851. The molecule has 0 aliphatic carbocycles. The van der Waals surface area contributed by atoms with E-state index in [1.165, 1.54) is 11.3 Å². The van der Waals surface area contributed by atoms with Gasteiger partial charge in [-0.2, -0.15) is 5.10 Å². The molecular weight excluding hydrogens is 302 g/mol. The second-order valence-electron chi connectivity index (χ2n) is 4.84. The van der Waals surface area contributed by atoms with Crippen molar-refractivity contribution < 1.29 is 9.53 Å². The molecule has 0 fully saturated rings. The van der Waals surface area contributed by atoms with Gasteiger partial charge in [-0.05, 0) is 20.3 Å². The zero-order chi connectivity index (χ0) is 16.1. The minimum Gasteiger partial charge on any atom is -0.383 e. The summed E-state index contributed by atoms with van der Waals surface area (Å²) in [6, 6.07) is -0.311. The van der Waals surface area contributed by atoms with Gasteiger partial charge < -0.3 is 10.1 Å². The minimum absolute atomic E-state index is 0.311. The van der Waals surface area contributed by atoms with Crippen LogP contribution >= 0.6 is 11.3 Å². The Balaban J connectivity index is 2.03. The third kappa shape index (κ3) is 3.83. The summed E-state index contributed by atoms with van der Waals surface area (Å²) in [5, 5.41) is 12.5. The molecule has 2 aromatic heterocycles. The molecule has 2 heterocycles. The fourth-order valence-electron chi connectivity index (χ4n) is 2.04. The average molecular weight is 323 g/mol. The number of carbonyl (C=O) groups excluding carboxylic acids is 1. The second kappa shape index (κ2) is 7.37. The minimum atomic E-state index is -0.311. The molecule has 2 amide bonds. The summed E-state index contributed by atoms with van der Waals surface area (Å²) in [7, 11) is 1.65. The van der Waals surface area contributed by atoms with Crippen LogP contribution in [-0.2, 0) is 17.7 Å². The molecule has 0 aliphatic rings. The van der Waals surface area contributed by atoms with E-state index in [1.54, 1.807) is 7.11 Å². The molecule has 0 aromatic carbocycles.